The minimum atomic E-state index is -3.74. The fraction of sp³-hybridized carbons (Fsp3) is 0.400. The Bertz CT molecular complexity index is 978. The van der Waals surface area contributed by atoms with Gasteiger partial charge in [-0.1, -0.05) is 19.4 Å². The molecule has 0 unspecified atom stereocenters. The van der Waals surface area contributed by atoms with Crippen LogP contribution in [0.15, 0.2) is 45.9 Å². The van der Waals surface area contributed by atoms with Crippen LogP contribution in [0.25, 0.3) is 0 Å². The van der Waals surface area contributed by atoms with Crippen molar-refractivity contribution in [2.24, 2.45) is 0 Å². The van der Waals surface area contributed by atoms with Crippen molar-refractivity contribution >= 4 is 27.5 Å². The number of carbonyl (C=O) groups excluding carboxylic acids is 2. The lowest BCUT2D eigenvalue weighted by Crippen LogP contribution is -2.35. The predicted octanol–water partition coefficient (Wildman–Crippen LogP) is 2.85. The Morgan fingerprint density at radius 3 is 2.55 bits per heavy atom. The number of nitrogens with one attached hydrogen (secondary N) is 2. The van der Waals surface area contributed by atoms with E-state index in [9.17, 15) is 18.0 Å². The molecule has 156 valence electrons. The Labute approximate surface area is 170 Å². The number of piperidine rings is 1. The van der Waals surface area contributed by atoms with E-state index in [1.807, 2.05) is 6.92 Å². The van der Waals surface area contributed by atoms with Crippen LogP contribution in [0.4, 0.5) is 5.69 Å². The van der Waals surface area contributed by atoms with Gasteiger partial charge in [0.15, 0.2) is 5.76 Å². The Balaban J connectivity index is 1.70. The van der Waals surface area contributed by atoms with Crippen molar-refractivity contribution in [2.75, 3.05) is 25.0 Å². The van der Waals surface area contributed by atoms with Gasteiger partial charge in [-0.05, 0) is 49.6 Å². The molecular formula is C20H25N3O5S. The third kappa shape index (κ3) is 5.04. The van der Waals surface area contributed by atoms with Crippen molar-refractivity contribution in [1.82, 2.24) is 9.62 Å². The zero-order valence-corrected chi connectivity index (χ0v) is 17.1. The van der Waals surface area contributed by atoms with Crippen LogP contribution in [0.3, 0.4) is 0 Å². The van der Waals surface area contributed by atoms with Gasteiger partial charge in [-0.15, -0.1) is 0 Å². The molecule has 0 saturated carbocycles. The van der Waals surface area contributed by atoms with Gasteiger partial charge in [0.1, 0.15) is 0 Å². The van der Waals surface area contributed by atoms with E-state index in [4.69, 9.17) is 4.42 Å². The highest BCUT2D eigenvalue weighted by Gasteiger charge is 2.29. The molecule has 2 heterocycles. The van der Waals surface area contributed by atoms with Crippen molar-refractivity contribution < 1.29 is 22.4 Å². The predicted molar refractivity (Wildman–Crippen MR) is 108 cm³/mol. The molecule has 2 aromatic rings. The lowest BCUT2D eigenvalue weighted by Gasteiger charge is -2.24. The molecule has 2 N–H and O–H groups in total. The second-order valence-electron chi connectivity index (χ2n) is 6.87. The first kappa shape index (κ1) is 21.1. The summed E-state index contributed by atoms with van der Waals surface area (Å²) in [5.41, 5.74) is 0.833. The second kappa shape index (κ2) is 9.23. The summed E-state index contributed by atoms with van der Waals surface area (Å²) in [6, 6.07) is 9.14. The quantitative estimate of drug-likeness (QED) is 0.717. The first-order valence-electron chi connectivity index (χ1n) is 9.71. The van der Waals surface area contributed by atoms with Crippen LogP contribution in [0, 0.1) is 0 Å². The van der Waals surface area contributed by atoms with E-state index in [0.717, 1.165) is 25.7 Å². The molecule has 9 heteroatoms. The summed E-state index contributed by atoms with van der Waals surface area (Å²) in [6.45, 7) is 3.44. The van der Waals surface area contributed by atoms with Crippen LogP contribution in [0.2, 0.25) is 0 Å². The van der Waals surface area contributed by atoms with E-state index in [2.05, 4.69) is 10.6 Å². The molecule has 2 amide bonds. The minimum absolute atomic E-state index is 0.110. The summed E-state index contributed by atoms with van der Waals surface area (Å²) in [4.78, 5) is 24.5. The standard InChI is InChI=1S/C20H25N3O5S/c1-2-11-21-19(24)15-7-6-8-16(14-15)22-20(25)17-9-10-18(28-17)29(26,27)23-12-4-3-5-13-23/h6-10,14H,2-5,11-13H2,1H3,(H,21,24)(H,22,25). The summed E-state index contributed by atoms with van der Waals surface area (Å²) < 4.78 is 32.0. The lowest BCUT2D eigenvalue weighted by molar-refractivity contribution is 0.0951. The number of hydrogen-bond donors (Lipinski definition) is 2. The Morgan fingerprint density at radius 2 is 1.83 bits per heavy atom. The Hall–Kier alpha value is -2.65. The molecule has 0 spiro atoms. The zero-order chi connectivity index (χ0) is 20.9. The molecule has 0 aliphatic carbocycles. The van der Waals surface area contributed by atoms with Gasteiger partial charge in [-0.3, -0.25) is 9.59 Å². The summed E-state index contributed by atoms with van der Waals surface area (Å²) >= 11 is 0. The van der Waals surface area contributed by atoms with Crippen molar-refractivity contribution in [1.29, 1.82) is 0 Å². The lowest BCUT2D eigenvalue weighted by atomic mass is 10.2. The van der Waals surface area contributed by atoms with Crippen molar-refractivity contribution in [3.8, 4) is 0 Å². The fourth-order valence-corrected chi connectivity index (χ4v) is 4.51. The van der Waals surface area contributed by atoms with Crippen LogP contribution < -0.4 is 10.6 Å². The molecule has 0 radical (unpaired) electrons. The molecule has 1 aliphatic heterocycles. The van der Waals surface area contributed by atoms with E-state index in [1.54, 1.807) is 24.3 Å². The SMILES string of the molecule is CCCNC(=O)c1cccc(NC(=O)c2ccc(S(=O)(=O)N3CCCCC3)o2)c1. The molecule has 0 bridgehead atoms. The van der Waals surface area contributed by atoms with E-state index in [-0.39, 0.29) is 16.8 Å². The first-order chi connectivity index (χ1) is 13.9. The van der Waals surface area contributed by atoms with Crippen molar-refractivity contribution in [3.05, 3.63) is 47.7 Å². The molecule has 1 aromatic carbocycles. The van der Waals surface area contributed by atoms with Gasteiger partial charge in [-0.2, -0.15) is 4.31 Å². The topological polar surface area (TPSA) is 109 Å². The van der Waals surface area contributed by atoms with Crippen LogP contribution in [-0.4, -0.2) is 44.2 Å². The van der Waals surface area contributed by atoms with Crippen molar-refractivity contribution in [3.63, 3.8) is 0 Å². The number of nitrogens with zero attached hydrogens (tertiary/aromatic N) is 1. The number of benzene rings is 1. The number of hydrogen-bond acceptors (Lipinski definition) is 5. The number of amides is 2. The van der Waals surface area contributed by atoms with Crippen LogP contribution in [-0.2, 0) is 10.0 Å². The monoisotopic (exact) mass is 419 g/mol. The maximum absolute atomic E-state index is 12.6. The highest BCUT2D eigenvalue weighted by molar-refractivity contribution is 7.89. The van der Waals surface area contributed by atoms with E-state index < -0.39 is 15.9 Å². The van der Waals surface area contributed by atoms with Crippen molar-refractivity contribution in [2.45, 2.75) is 37.7 Å². The van der Waals surface area contributed by atoms with Crippen LogP contribution in [0.5, 0.6) is 0 Å². The fourth-order valence-electron chi connectivity index (χ4n) is 3.08. The highest BCUT2D eigenvalue weighted by atomic mass is 32.2. The van der Waals surface area contributed by atoms with Gasteiger partial charge >= 0.3 is 0 Å². The zero-order valence-electron chi connectivity index (χ0n) is 16.3. The Morgan fingerprint density at radius 1 is 1.07 bits per heavy atom. The number of rotatable bonds is 7. The average Bonchev–Trinajstić information content (AvgIpc) is 3.24. The summed E-state index contributed by atoms with van der Waals surface area (Å²) in [5.74, 6) is -0.923. The summed E-state index contributed by atoms with van der Waals surface area (Å²) in [5, 5.41) is 5.16. The smallest absolute Gasteiger partial charge is 0.291 e. The van der Waals surface area contributed by atoms with Gasteiger partial charge in [0.25, 0.3) is 21.8 Å². The normalized spacial score (nSPS) is 15.1. The summed E-state index contributed by atoms with van der Waals surface area (Å²) in [6.07, 6.45) is 3.46. The van der Waals surface area contributed by atoms with Gasteiger partial charge < -0.3 is 15.1 Å². The van der Waals surface area contributed by atoms with Gasteiger partial charge in [0, 0.05) is 30.9 Å². The minimum Gasteiger partial charge on any atom is -0.438 e. The third-order valence-electron chi connectivity index (χ3n) is 4.63. The van der Waals surface area contributed by atoms with E-state index in [0.29, 0.717) is 30.9 Å². The molecule has 8 nitrogen and oxygen atoms in total. The molecule has 0 atom stereocenters. The molecule has 1 fully saturated rings. The van der Waals surface area contributed by atoms with E-state index in [1.165, 1.54) is 16.4 Å². The second-order valence-corrected chi connectivity index (χ2v) is 8.74. The third-order valence-corrected chi connectivity index (χ3v) is 6.41. The largest absolute Gasteiger partial charge is 0.438 e. The average molecular weight is 420 g/mol. The summed E-state index contributed by atoms with van der Waals surface area (Å²) in [7, 11) is -3.74. The maximum Gasteiger partial charge on any atom is 0.291 e. The van der Waals surface area contributed by atoms with Gasteiger partial charge in [-0.25, -0.2) is 8.42 Å². The molecule has 29 heavy (non-hydrogen) atoms. The number of sulfonamides is 1. The number of furan rings is 1. The van der Waals surface area contributed by atoms with E-state index >= 15 is 0 Å². The van der Waals surface area contributed by atoms with Crippen LogP contribution >= 0.6 is 0 Å². The van der Waals surface area contributed by atoms with Gasteiger partial charge in [0.2, 0.25) is 5.09 Å². The Kier molecular flexibility index (Phi) is 6.71. The maximum atomic E-state index is 12.6. The first-order valence-corrected chi connectivity index (χ1v) is 11.2. The molecule has 1 aromatic heterocycles. The van der Waals surface area contributed by atoms with Gasteiger partial charge in [0.05, 0.1) is 0 Å². The molecule has 1 saturated heterocycles. The number of carbonyl (C=O) groups is 2. The molecule has 1 aliphatic rings. The molecular weight excluding hydrogens is 394 g/mol. The molecule has 3 rings (SSSR count). The highest BCUT2D eigenvalue weighted by Crippen LogP contribution is 2.23. The van der Waals surface area contributed by atoms with Crippen LogP contribution in [0.1, 0.15) is 53.5 Å². The number of anilines is 1.